The van der Waals surface area contributed by atoms with Crippen molar-refractivity contribution in [2.75, 3.05) is 25.6 Å². The van der Waals surface area contributed by atoms with Gasteiger partial charge in [0.1, 0.15) is 0 Å². The summed E-state index contributed by atoms with van der Waals surface area (Å²) in [5.41, 5.74) is 0. The van der Waals surface area contributed by atoms with Crippen molar-refractivity contribution in [3.05, 3.63) is 0 Å². The summed E-state index contributed by atoms with van der Waals surface area (Å²) in [5.74, 6) is 0. The lowest BCUT2D eigenvalue weighted by Gasteiger charge is -2.47. The maximum absolute atomic E-state index is 6.06. The summed E-state index contributed by atoms with van der Waals surface area (Å²) in [6.07, 6.45) is 4.98. The molecule has 0 saturated carbocycles. The number of hydrogen-bond acceptors (Lipinski definition) is 2. The third-order valence-electron chi connectivity index (χ3n) is 2.60. The van der Waals surface area contributed by atoms with Gasteiger partial charge in [-0.1, -0.05) is 20.8 Å². The third kappa shape index (κ3) is 2.15. The minimum absolute atomic E-state index is 0.294. The van der Waals surface area contributed by atoms with Crippen molar-refractivity contribution in [3.8, 4) is 0 Å². The smallest absolute Gasteiger partial charge is 0.0949 e. The Balaban J connectivity index is 2.46. The van der Waals surface area contributed by atoms with Crippen LogP contribution in [0.3, 0.4) is 0 Å². The van der Waals surface area contributed by atoms with E-state index in [0.717, 1.165) is 13.1 Å². The Morgan fingerprint density at radius 1 is 1.25 bits per heavy atom. The minimum Gasteiger partial charge on any atom is -0.331 e. The normalized spacial score (nSPS) is 22.1. The van der Waals surface area contributed by atoms with Crippen LogP contribution in [0.1, 0.15) is 20.8 Å². The summed E-state index contributed by atoms with van der Waals surface area (Å²) in [5, 5.41) is 3.22. The molecule has 12 heavy (non-hydrogen) atoms. The summed E-state index contributed by atoms with van der Waals surface area (Å²) in [4.78, 5) is 0. The zero-order valence-electron chi connectivity index (χ0n) is 8.81. The van der Waals surface area contributed by atoms with Gasteiger partial charge in [-0.15, -0.1) is 10.3 Å². The van der Waals surface area contributed by atoms with Gasteiger partial charge in [0.15, 0.2) is 0 Å². The molecule has 2 nitrogen and oxygen atoms in total. The lowest BCUT2D eigenvalue weighted by atomic mass is 10.2. The number of hydrogen-bond donors (Lipinski definition) is 1. The highest BCUT2D eigenvalue weighted by Gasteiger charge is 2.33. The molecule has 0 aliphatic carbocycles. The van der Waals surface area contributed by atoms with Crippen LogP contribution in [0, 0.1) is 0 Å². The molecule has 0 bridgehead atoms. The molecule has 0 aromatic rings. The lowest BCUT2D eigenvalue weighted by molar-refractivity contribution is 0.160. The quantitative estimate of drug-likeness (QED) is 0.718. The molecule has 0 spiro atoms. The average Bonchev–Trinajstić information content (AvgIpc) is 1.76. The van der Waals surface area contributed by atoms with Gasteiger partial charge in [-0.05, 0) is 12.5 Å². The van der Waals surface area contributed by atoms with Crippen molar-refractivity contribution in [1.82, 2.24) is 5.32 Å². The van der Waals surface area contributed by atoms with E-state index in [-0.39, 0.29) is 0 Å². The van der Waals surface area contributed by atoms with Crippen molar-refractivity contribution in [1.29, 1.82) is 0 Å². The summed E-state index contributed by atoms with van der Waals surface area (Å²) in [7, 11) is -0.898. The highest BCUT2D eigenvalue weighted by atomic mass is 32.3. The molecule has 1 saturated heterocycles. The second-order valence-corrected chi connectivity index (χ2v) is 8.61. The van der Waals surface area contributed by atoms with Crippen LogP contribution >= 0.6 is 10.3 Å². The van der Waals surface area contributed by atoms with E-state index in [1.54, 1.807) is 0 Å². The van der Waals surface area contributed by atoms with Gasteiger partial charge in [-0.2, -0.15) is 0 Å². The van der Waals surface area contributed by atoms with Crippen molar-refractivity contribution in [3.63, 3.8) is 0 Å². The average molecular weight is 191 g/mol. The molecule has 1 fully saturated rings. The number of rotatable bonds is 2. The molecule has 74 valence electrons. The molecule has 0 radical (unpaired) electrons. The van der Waals surface area contributed by atoms with E-state index in [1.807, 2.05) is 0 Å². The Labute approximate surface area is 77.6 Å². The Morgan fingerprint density at radius 2 is 1.75 bits per heavy atom. The van der Waals surface area contributed by atoms with Gasteiger partial charge in [-0.25, -0.2) is 0 Å². The van der Waals surface area contributed by atoms with Gasteiger partial charge < -0.3 is 9.50 Å². The topological polar surface area (TPSA) is 21.3 Å². The van der Waals surface area contributed by atoms with E-state index in [1.165, 1.54) is 0 Å². The Morgan fingerprint density at radius 3 is 2.00 bits per heavy atom. The minimum atomic E-state index is -0.898. The molecular formula is C9H21NOS. The zero-order chi connectivity index (χ0) is 9.41. The van der Waals surface area contributed by atoms with Gasteiger partial charge in [0, 0.05) is 17.8 Å². The van der Waals surface area contributed by atoms with E-state index in [2.05, 4.69) is 38.6 Å². The van der Waals surface area contributed by atoms with Crippen LogP contribution in [0.5, 0.6) is 0 Å². The van der Waals surface area contributed by atoms with Crippen LogP contribution < -0.4 is 5.32 Å². The number of nitrogens with one attached hydrogen (secondary N) is 1. The van der Waals surface area contributed by atoms with E-state index in [0.29, 0.717) is 10.9 Å². The molecule has 1 heterocycles. The Hall–Kier alpha value is 0.270. The van der Waals surface area contributed by atoms with Gasteiger partial charge >= 0.3 is 0 Å². The van der Waals surface area contributed by atoms with Crippen LogP contribution in [0.15, 0.2) is 0 Å². The molecule has 1 N–H and O–H groups in total. The van der Waals surface area contributed by atoms with Gasteiger partial charge in [0.25, 0.3) is 0 Å². The predicted molar refractivity (Wildman–Crippen MR) is 56.9 cm³/mol. The second kappa shape index (κ2) is 3.20. The Kier molecular flexibility index (Phi) is 2.76. The molecule has 0 amide bonds. The van der Waals surface area contributed by atoms with Crippen molar-refractivity contribution < 1.29 is 4.18 Å². The van der Waals surface area contributed by atoms with Crippen molar-refractivity contribution >= 4 is 10.3 Å². The second-order valence-electron chi connectivity index (χ2n) is 4.72. The highest BCUT2D eigenvalue weighted by molar-refractivity contribution is 8.29. The fourth-order valence-electron chi connectivity index (χ4n) is 0.815. The summed E-state index contributed by atoms with van der Waals surface area (Å²) < 4.78 is 6.35. The molecule has 0 aromatic heterocycles. The van der Waals surface area contributed by atoms with Crippen LogP contribution in [0.2, 0.25) is 0 Å². The van der Waals surface area contributed by atoms with E-state index >= 15 is 0 Å². The fraction of sp³-hybridized carbons (Fsp3) is 1.00. The van der Waals surface area contributed by atoms with Crippen LogP contribution in [-0.4, -0.2) is 36.5 Å². The van der Waals surface area contributed by atoms with Crippen LogP contribution in [0.4, 0.5) is 0 Å². The molecule has 1 rings (SSSR count). The maximum atomic E-state index is 6.06. The lowest BCUT2D eigenvalue weighted by Crippen LogP contribution is -2.49. The van der Waals surface area contributed by atoms with E-state index in [9.17, 15) is 0 Å². The molecule has 0 atom stereocenters. The first-order valence-corrected chi connectivity index (χ1v) is 6.82. The first kappa shape index (κ1) is 10.4. The first-order chi connectivity index (χ1) is 5.33. The monoisotopic (exact) mass is 191 g/mol. The van der Waals surface area contributed by atoms with Crippen LogP contribution in [0.25, 0.3) is 0 Å². The molecule has 0 aromatic carbocycles. The van der Waals surface area contributed by atoms with Crippen molar-refractivity contribution in [2.24, 2.45) is 0 Å². The zero-order valence-corrected chi connectivity index (χ0v) is 9.62. The summed E-state index contributed by atoms with van der Waals surface area (Å²) in [6, 6.07) is 0. The molecule has 3 heteroatoms. The molecule has 1 aliphatic heterocycles. The third-order valence-corrected chi connectivity index (χ3v) is 6.30. The molecule has 1 aliphatic rings. The molecular weight excluding hydrogens is 170 g/mol. The van der Waals surface area contributed by atoms with Gasteiger partial charge in [-0.3, -0.25) is 0 Å². The first-order valence-electron chi connectivity index (χ1n) is 4.45. The molecule has 0 unspecified atom stereocenters. The van der Waals surface area contributed by atoms with Gasteiger partial charge in [0.05, 0.1) is 6.10 Å². The largest absolute Gasteiger partial charge is 0.331 e. The summed E-state index contributed by atoms with van der Waals surface area (Å²) in [6.45, 7) is 8.84. The van der Waals surface area contributed by atoms with Crippen LogP contribution in [-0.2, 0) is 4.18 Å². The van der Waals surface area contributed by atoms with Crippen molar-refractivity contribution in [2.45, 2.75) is 31.6 Å². The van der Waals surface area contributed by atoms with E-state index < -0.39 is 10.3 Å². The van der Waals surface area contributed by atoms with Gasteiger partial charge in [0.2, 0.25) is 0 Å². The predicted octanol–water partition coefficient (Wildman–Crippen LogP) is 1.75. The Bertz CT molecular complexity index is 158. The SMILES string of the molecule is CC(C)(C)S(C)(C)OC1CNC1. The van der Waals surface area contributed by atoms with E-state index in [4.69, 9.17) is 4.18 Å². The highest BCUT2D eigenvalue weighted by Crippen LogP contribution is 2.54. The maximum Gasteiger partial charge on any atom is 0.0949 e. The summed E-state index contributed by atoms with van der Waals surface area (Å²) >= 11 is 0. The standard InChI is InChI=1S/C9H21NOS/c1-9(2,3)12(4,5)11-8-6-10-7-8/h8,10H,6-7H2,1-5H3. The fourth-order valence-corrected chi connectivity index (χ4v) is 1.92.